The topological polar surface area (TPSA) is 108 Å². The van der Waals surface area contributed by atoms with Crippen molar-refractivity contribution in [1.29, 1.82) is 0 Å². The Labute approximate surface area is 221 Å². The van der Waals surface area contributed by atoms with Gasteiger partial charge in [0.1, 0.15) is 17.7 Å². The summed E-state index contributed by atoms with van der Waals surface area (Å²) in [5.74, 6) is 1.23. The van der Waals surface area contributed by atoms with E-state index in [-0.39, 0.29) is 24.1 Å². The smallest absolute Gasteiger partial charge is 0.255 e. The summed E-state index contributed by atoms with van der Waals surface area (Å²) in [7, 11) is 0. The van der Waals surface area contributed by atoms with Crippen molar-refractivity contribution >= 4 is 29.4 Å². The zero-order chi connectivity index (χ0) is 26.1. The standard InChI is InChI=1S/C29H30N6O3/c36-27-10-9-24(28(37)33-27)35-17-21-16-20(7-8-23(21)29(35)38)19-11-14-34(15-12-19)18-22-4-3-6-26(31-22)32-25-5-1-2-13-30-25/h1-8,13,16,19,24H,9-12,14-15,17-18H2,(H,30,31,32)(H,33,36,37). The van der Waals surface area contributed by atoms with Crippen molar-refractivity contribution in [3.05, 3.63) is 83.2 Å². The molecule has 3 aliphatic heterocycles. The van der Waals surface area contributed by atoms with E-state index in [1.54, 1.807) is 11.1 Å². The summed E-state index contributed by atoms with van der Waals surface area (Å²) in [6.45, 7) is 3.16. The molecule has 3 aliphatic rings. The largest absolute Gasteiger partial charge is 0.325 e. The molecule has 2 aromatic heterocycles. The number of carbonyl (C=O) groups is 3. The Morgan fingerprint density at radius 3 is 2.58 bits per heavy atom. The predicted molar refractivity (Wildman–Crippen MR) is 141 cm³/mol. The van der Waals surface area contributed by atoms with Crippen LogP contribution in [-0.2, 0) is 22.7 Å². The van der Waals surface area contributed by atoms with Gasteiger partial charge >= 0.3 is 0 Å². The molecule has 2 N–H and O–H groups in total. The van der Waals surface area contributed by atoms with Gasteiger partial charge in [-0.25, -0.2) is 9.97 Å². The van der Waals surface area contributed by atoms with Crippen LogP contribution in [0.25, 0.3) is 0 Å². The van der Waals surface area contributed by atoms with E-state index in [1.807, 2.05) is 36.4 Å². The van der Waals surface area contributed by atoms with E-state index >= 15 is 0 Å². The molecule has 5 heterocycles. The number of piperidine rings is 2. The number of imide groups is 1. The first-order chi connectivity index (χ1) is 18.5. The molecule has 2 saturated heterocycles. The predicted octanol–water partition coefficient (Wildman–Crippen LogP) is 3.36. The lowest BCUT2D eigenvalue weighted by Gasteiger charge is -2.32. The molecule has 3 aromatic rings. The number of pyridine rings is 2. The van der Waals surface area contributed by atoms with Crippen molar-refractivity contribution in [1.82, 2.24) is 25.1 Å². The molecule has 0 radical (unpaired) electrons. The third kappa shape index (κ3) is 5.02. The van der Waals surface area contributed by atoms with Crippen LogP contribution >= 0.6 is 0 Å². The normalized spacial score (nSPS) is 20.4. The van der Waals surface area contributed by atoms with Gasteiger partial charge in [-0.05, 0) is 79.7 Å². The van der Waals surface area contributed by atoms with Gasteiger partial charge in [-0.15, -0.1) is 0 Å². The number of aromatic nitrogens is 2. The minimum atomic E-state index is -0.578. The minimum Gasteiger partial charge on any atom is -0.325 e. The number of rotatable bonds is 6. The highest BCUT2D eigenvalue weighted by molar-refractivity contribution is 6.05. The molecule has 0 saturated carbocycles. The number of hydrogen-bond acceptors (Lipinski definition) is 7. The molecule has 0 spiro atoms. The summed E-state index contributed by atoms with van der Waals surface area (Å²) in [5.41, 5.74) is 3.91. The first-order valence-electron chi connectivity index (χ1n) is 13.2. The molecule has 6 rings (SSSR count). The Morgan fingerprint density at radius 1 is 0.947 bits per heavy atom. The maximum Gasteiger partial charge on any atom is 0.255 e. The number of carbonyl (C=O) groups excluding carboxylic acids is 3. The van der Waals surface area contributed by atoms with Gasteiger partial charge in [0, 0.05) is 31.3 Å². The van der Waals surface area contributed by atoms with E-state index in [4.69, 9.17) is 4.98 Å². The van der Waals surface area contributed by atoms with Crippen LogP contribution in [0.2, 0.25) is 0 Å². The third-order valence-corrected chi connectivity index (χ3v) is 7.72. The molecule has 0 aliphatic carbocycles. The highest BCUT2D eigenvalue weighted by atomic mass is 16.2. The second-order valence-electron chi connectivity index (χ2n) is 10.2. The highest BCUT2D eigenvalue weighted by Gasteiger charge is 2.39. The van der Waals surface area contributed by atoms with Gasteiger partial charge in [-0.2, -0.15) is 0 Å². The van der Waals surface area contributed by atoms with Crippen LogP contribution in [0.4, 0.5) is 11.6 Å². The summed E-state index contributed by atoms with van der Waals surface area (Å²) in [6, 6.07) is 17.3. The van der Waals surface area contributed by atoms with E-state index in [1.165, 1.54) is 5.56 Å². The van der Waals surface area contributed by atoms with Gasteiger partial charge in [-0.1, -0.05) is 24.3 Å². The van der Waals surface area contributed by atoms with E-state index < -0.39 is 6.04 Å². The first-order valence-corrected chi connectivity index (χ1v) is 13.2. The molecule has 1 aromatic carbocycles. The fourth-order valence-corrected chi connectivity index (χ4v) is 5.71. The first kappa shape index (κ1) is 24.2. The number of benzene rings is 1. The summed E-state index contributed by atoms with van der Waals surface area (Å²) in [4.78, 5) is 49.9. The summed E-state index contributed by atoms with van der Waals surface area (Å²) >= 11 is 0. The van der Waals surface area contributed by atoms with Gasteiger partial charge in [0.2, 0.25) is 11.8 Å². The lowest BCUT2D eigenvalue weighted by Crippen LogP contribution is -2.52. The van der Waals surface area contributed by atoms with E-state index in [9.17, 15) is 14.4 Å². The van der Waals surface area contributed by atoms with Crippen LogP contribution in [0.5, 0.6) is 0 Å². The quantitative estimate of drug-likeness (QED) is 0.490. The number of fused-ring (bicyclic) bond motifs is 1. The number of nitrogens with zero attached hydrogens (tertiary/aromatic N) is 4. The van der Waals surface area contributed by atoms with Crippen molar-refractivity contribution in [2.45, 2.75) is 50.7 Å². The molecule has 9 nitrogen and oxygen atoms in total. The molecular formula is C29H30N6O3. The highest BCUT2D eigenvalue weighted by Crippen LogP contribution is 2.34. The van der Waals surface area contributed by atoms with Gasteiger partial charge in [-0.3, -0.25) is 24.6 Å². The van der Waals surface area contributed by atoms with Crippen molar-refractivity contribution in [2.24, 2.45) is 0 Å². The number of hydrogen-bond donors (Lipinski definition) is 2. The second-order valence-corrected chi connectivity index (χ2v) is 10.2. The van der Waals surface area contributed by atoms with Gasteiger partial charge < -0.3 is 10.2 Å². The van der Waals surface area contributed by atoms with Crippen LogP contribution in [0, 0.1) is 0 Å². The maximum atomic E-state index is 13.0. The number of anilines is 2. The molecule has 1 atom stereocenters. The van der Waals surface area contributed by atoms with Gasteiger partial charge in [0.05, 0.1) is 5.69 Å². The van der Waals surface area contributed by atoms with E-state index in [2.05, 4.69) is 38.7 Å². The lowest BCUT2D eigenvalue weighted by molar-refractivity contribution is -0.136. The minimum absolute atomic E-state index is 0.122. The Hall–Kier alpha value is -4.11. The molecule has 9 heteroatoms. The monoisotopic (exact) mass is 510 g/mol. The van der Waals surface area contributed by atoms with Crippen LogP contribution in [0.3, 0.4) is 0 Å². The molecule has 194 valence electrons. The molecule has 3 amide bonds. The van der Waals surface area contributed by atoms with Gasteiger partial charge in [0.25, 0.3) is 5.91 Å². The van der Waals surface area contributed by atoms with Crippen molar-refractivity contribution in [3.63, 3.8) is 0 Å². The van der Waals surface area contributed by atoms with Gasteiger partial charge in [0.15, 0.2) is 0 Å². The van der Waals surface area contributed by atoms with Crippen molar-refractivity contribution in [3.8, 4) is 0 Å². The fourth-order valence-electron chi connectivity index (χ4n) is 5.71. The number of nitrogens with one attached hydrogen (secondary N) is 2. The molecule has 2 fully saturated rings. The maximum absolute atomic E-state index is 13.0. The average Bonchev–Trinajstić information content (AvgIpc) is 3.25. The SMILES string of the molecule is O=C1CCC(N2Cc3cc(C4CCN(Cc5cccc(Nc6ccccn6)n5)CC4)ccc3C2=O)C(=O)N1. The summed E-state index contributed by atoms with van der Waals surface area (Å²) < 4.78 is 0. The van der Waals surface area contributed by atoms with E-state index in [0.29, 0.717) is 24.4 Å². The fraction of sp³-hybridized carbons (Fsp3) is 0.345. The zero-order valence-electron chi connectivity index (χ0n) is 21.1. The summed E-state index contributed by atoms with van der Waals surface area (Å²) in [6.07, 6.45) is 4.47. The Balaban J connectivity index is 1.06. The lowest BCUT2D eigenvalue weighted by atomic mass is 9.88. The van der Waals surface area contributed by atoms with Crippen LogP contribution in [0.1, 0.15) is 58.8 Å². The Morgan fingerprint density at radius 2 is 1.79 bits per heavy atom. The molecular weight excluding hydrogens is 480 g/mol. The number of amides is 3. The van der Waals surface area contributed by atoms with Crippen LogP contribution in [-0.4, -0.2) is 56.6 Å². The molecule has 38 heavy (non-hydrogen) atoms. The third-order valence-electron chi connectivity index (χ3n) is 7.72. The number of likely N-dealkylation sites (tertiary alicyclic amines) is 1. The summed E-state index contributed by atoms with van der Waals surface area (Å²) in [5, 5.41) is 5.62. The van der Waals surface area contributed by atoms with E-state index in [0.717, 1.165) is 55.4 Å². The Kier molecular flexibility index (Phi) is 6.59. The Bertz CT molecular complexity index is 1370. The van der Waals surface area contributed by atoms with Crippen LogP contribution in [0.15, 0.2) is 60.8 Å². The van der Waals surface area contributed by atoms with Crippen molar-refractivity contribution in [2.75, 3.05) is 18.4 Å². The zero-order valence-corrected chi connectivity index (χ0v) is 21.1. The molecule has 0 bridgehead atoms. The second kappa shape index (κ2) is 10.3. The van der Waals surface area contributed by atoms with Crippen LogP contribution < -0.4 is 10.6 Å². The average molecular weight is 511 g/mol. The van der Waals surface area contributed by atoms with Crippen molar-refractivity contribution < 1.29 is 14.4 Å². The molecule has 1 unspecified atom stereocenters.